The Morgan fingerprint density at radius 2 is 1.38 bits per heavy atom. The van der Waals surface area contributed by atoms with E-state index in [1.807, 2.05) is 72.8 Å². The maximum absolute atomic E-state index is 6.27. The highest BCUT2D eigenvalue weighted by atomic mass is 35.5. The van der Waals surface area contributed by atoms with Gasteiger partial charge in [-0.3, -0.25) is 0 Å². The number of aromatic nitrogens is 3. The predicted octanol–water partition coefficient (Wildman–Crippen LogP) is 5.54. The highest BCUT2D eigenvalue weighted by molar-refractivity contribution is 6.28. The zero-order chi connectivity index (χ0) is 20.2. The van der Waals surface area contributed by atoms with E-state index in [4.69, 9.17) is 26.1 Å². The number of halogens is 1. The lowest BCUT2D eigenvalue weighted by atomic mass is 9.98. The zero-order valence-electron chi connectivity index (χ0n) is 16.0. The van der Waals surface area contributed by atoms with Crippen molar-refractivity contribution in [2.45, 2.75) is 0 Å². The number of rotatable bonds is 5. The van der Waals surface area contributed by atoms with Crippen LogP contribution in [0, 0.1) is 0 Å². The van der Waals surface area contributed by atoms with E-state index < -0.39 is 0 Å². The Bertz CT molecular complexity index is 1130. The zero-order valence-corrected chi connectivity index (χ0v) is 16.7. The maximum Gasteiger partial charge on any atom is 0.226 e. The topological polar surface area (TPSA) is 57.1 Å². The summed E-state index contributed by atoms with van der Waals surface area (Å²) in [6, 6.07) is 23.3. The molecule has 144 valence electrons. The van der Waals surface area contributed by atoms with E-state index in [1.54, 1.807) is 14.2 Å². The Balaban J connectivity index is 1.90. The van der Waals surface area contributed by atoms with Gasteiger partial charge in [-0.25, -0.2) is 4.98 Å². The number of methoxy groups -OCH3 is 2. The Labute approximate surface area is 174 Å². The number of benzene rings is 3. The third-order valence-electron chi connectivity index (χ3n) is 4.51. The fraction of sp³-hybridized carbons (Fsp3) is 0.0870. The van der Waals surface area contributed by atoms with Crippen LogP contribution in [-0.2, 0) is 0 Å². The van der Waals surface area contributed by atoms with Gasteiger partial charge in [-0.15, -0.1) is 0 Å². The Hall–Kier alpha value is -3.44. The molecule has 4 aromatic rings. The molecule has 0 bridgehead atoms. The van der Waals surface area contributed by atoms with Crippen LogP contribution in [-0.4, -0.2) is 29.2 Å². The van der Waals surface area contributed by atoms with Crippen LogP contribution < -0.4 is 9.47 Å². The monoisotopic (exact) mass is 403 g/mol. The SMILES string of the molecule is COc1ccc(-c2nc(Cl)nc(-c3c(OC)cccc3-c3ccccc3)n2)cc1. The van der Waals surface area contributed by atoms with Crippen molar-refractivity contribution in [2.24, 2.45) is 0 Å². The molecule has 0 saturated heterocycles. The molecular weight excluding hydrogens is 386 g/mol. The van der Waals surface area contributed by atoms with Crippen molar-refractivity contribution in [1.82, 2.24) is 15.0 Å². The third kappa shape index (κ3) is 3.91. The molecule has 0 fully saturated rings. The van der Waals surface area contributed by atoms with Gasteiger partial charge in [0, 0.05) is 5.56 Å². The fourth-order valence-corrected chi connectivity index (χ4v) is 3.28. The van der Waals surface area contributed by atoms with Crippen molar-refractivity contribution < 1.29 is 9.47 Å². The molecule has 1 heterocycles. The molecular formula is C23H18ClN3O2. The highest BCUT2D eigenvalue weighted by Gasteiger charge is 2.18. The Morgan fingerprint density at radius 3 is 2.07 bits per heavy atom. The van der Waals surface area contributed by atoms with Gasteiger partial charge in [-0.2, -0.15) is 9.97 Å². The Kier molecular flexibility index (Phi) is 5.40. The van der Waals surface area contributed by atoms with Crippen LogP contribution in [0.5, 0.6) is 11.5 Å². The summed E-state index contributed by atoms with van der Waals surface area (Å²) >= 11 is 6.27. The van der Waals surface area contributed by atoms with Crippen LogP contribution in [0.25, 0.3) is 33.9 Å². The molecule has 5 nitrogen and oxygen atoms in total. The number of hydrogen-bond acceptors (Lipinski definition) is 5. The summed E-state index contributed by atoms with van der Waals surface area (Å²) in [5.41, 5.74) is 3.56. The van der Waals surface area contributed by atoms with E-state index in [0.29, 0.717) is 17.4 Å². The summed E-state index contributed by atoms with van der Waals surface area (Å²) in [4.78, 5) is 13.4. The van der Waals surface area contributed by atoms with E-state index in [1.165, 1.54) is 0 Å². The van der Waals surface area contributed by atoms with E-state index in [9.17, 15) is 0 Å². The molecule has 0 spiro atoms. The second-order valence-electron chi connectivity index (χ2n) is 6.23. The van der Waals surface area contributed by atoms with Crippen molar-refractivity contribution in [3.8, 4) is 45.4 Å². The number of ether oxygens (including phenoxy) is 2. The van der Waals surface area contributed by atoms with Gasteiger partial charge in [-0.05, 0) is 53.1 Å². The van der Waals surface area contributed by atoms with Gasteiger partial charge in [0.25, 0.3) is 0 Å². The van der Waals surface area contributed by atoms with E-state index in [0.717, 1.165) is 28.0 Å². The number of nitrogens with zero attached hydrogens (tertiary/aromatic N) is 3. The standard InChI is InChI=1S/C23H18ClN3O2/c1-28-17-13-11-16(12-14-17)21-25-22(27-23(24)26-21)20-18(9-6-10-19(20)29-2)15-7-4-3-5-8-15/h3-14H,1-2H3. The van der Waals surface area contributed by atoms with Gasteiger partial charge in [0.2, 0.25) is 5.28 Å². The molecule has 0 amide bonds. The summed E-state index contributed by atoms with van der Waals surface area (Å²) < 4.78 is 10.8. The van der Waals surface area contributed by atoms with Crippen LogP contribution in [0.1, 0.15) is 0 Å². The first-order chi connectivity index (χ1) is 14.2. The maximum atomic E-state index is 6.27. The summed E-state index contributed by atoms with van der Waals surface area (Å²) in [6.07, 6.45) is 0. The van der Waals surface area contributed by atoms with Crippen molar-refractivity contribution in [3.63, 3.8) is 0 Å². The molecule has 0 radical (unpaired) electrons. The van der Waals surface area contributed by atoms with Crippen LogP contribution in [0.2, 0.25) is 5.28 Å². The largest absolute Gasteiger partial charge is 0.497 e. The lowest BCUT2D eigenvalue weighted by molar-refractivity contribution is 0.415. The molecule has 0 aliphatic rings. The minimum absolute atomic E-state index is 0.116. The second kappa shape index (κ2) is 8.29. The molecule has 4 rings (SSSR count). The summed E-state index contributed by atoms with van der Waals surface area (Å²) in [7, 11) is 3.25. The van der Waals surface area contributed by atoms with Crippen molar-refractivity contribution in [1.29, 1.82) is 0 Å². The lowest BCUT2D eigenvalue weighted by Crippen LogP contribution is -2.00. The van der Waals surface area contributed by atoms with Crippen LogP contribution in [0.15, 0.2) is 72.8 Å². The minimum Gasteiger partial charge on any atom is -0.497 e. The average molecular weight is 404 g/mol. The molecule has 0 unspecified atom stereocenters. The summed E-state index contributed by atoms with van der Waals surface area (Å²) in [5.74, 6) is 2.35. The molecule has 1 aromatic heterocycles. The minimum atomic E-state index is 0.116. The van der Waals surface area contributed by atoms with E-state index in [2.05, 4.69) is 9.97 Å². The van der Waals surface area contributed by atoms with Gasteiger partial charge in [0.05, 0.1) is 19.8 Å². The van der Waals surface area contributed by atoms with E-state index in [-0.39, 0.29) is 5.28 Å². The summed E-state index contributed by atoms with van der Waals surface area (Å²) in [5, 5.41) is 0.116. The lowest BCUT2D eigenvalue weighted by Gasteiger charge is -2.14. The smallest absolute Gasteiger partial charge is 0.226 e. The predicted molar refractivity (Wildman–Crippen MR) is 114 cm³/mol. The molecule has 0 aliphatic carbocycles. The van der Waals surface area contributed by atoms with Gasteiger partial charge >= 0.3 is 0 Å². The molecule has 0 saturated carbocycles. The van der Waals surface area contributed by atoms with Crippen molar-refractivity contribution in [2.75, 3.05) is 14.2 Å². The molecule has 6 heteroatoms. The summed E-state index contributed by atoms with van der Waals surface area (Å²) in [6.45, 7) is 0. The van der Waals surface area contributed by atoms with Crippen LogP contribution in [0.4, 0.5) is 0 Å². The first-order valence-electron chi connectivity index (χ1n) is 8.98. The first kappa shape index (κ1) is 18.9. The van der Waals surface area contributed by atoms with Crippen LogP contribution in [0.3, 0.4) is 0 Å². The van der Waals surface area contributed by atoms with E-state index >= 15 is 0 Å². The second-order valence-corrected chi connectivity index (χ2v) is 6.57. The van der Waals surface area contributed by atoms with Gasteiger partial charge in [0.15, 0.2) is 11.6 Å². The van der Waals surface area contributed by atoms with Gasteiger partial charge < -0.3 is 9.47 Å². The number of hydrogen-bond donors (Lipinski definition) is 0. The Morgan fingerprint density at radius 1 is 0.655 bits per heavy atom. The average Bonchev–Trinajstić information content (AvgIpc) is 2.78. The molecule has 0 aliphatic heterocycles. The highest BCUT2D eigenvalue weighted by Crippen LogP contribution is 2.38. The third-order valence-corrected chi connectivity index (χ3v) is 4.68. The first-order valence-corrected chi connectivity index (χ1v) is 9.36. The normalized spacial score (nSPS) is 10.6. The molecule has 0 N–H and O–H groups in total. The van der Waals surface area contributed by atoms with Crippen LogP contribution >= 0.6 is 11.6 Å². The van der Waals surface area contributed by atoms with Crippen molar-refractivity contribution >= 4 is 11.6 Å². The van der Waals surface area contributed by atoms with Crippen molar-refractivity contribution in [3.05, 3.63) is 78.1 Å². The quantitative estimate of drug-likeness (QED) is 0.437. The van der Waals surface area contributed by atoms with Gasteiger partial charge in [0.1, 0.15) is 11.5 Å². The van der Waals surface area contributed by atoms with Gasteiger partial charge in [-0.1, -0.05) is 42.5 Å². The molecule has 29 heavy (non-hydrogen) atoms. The molecule has 0 atom stereocenters. The fourth-order valence-electron chi connectivity index (χ4n) is 3.12. The molecule has 3 aromatic carbocycles.